The molecule has 0 saturated carbocycles. The first kappa shape index (κ1) is 17.9. The predicted molar refractivity (Wildman–Crippen MR) is 91.6 cm³/mol. The van der Waals surface area contributed by atoms with Crippen molar-refractivity contribution in [3.05, 3.63) is 63.6 Å². The summed E-state index contributed by atoms with van der Waals surface area (Å²) in [5.41, 5.74) is 0.951. The average molecular weight is 372 g/mol. The molecule has 0 radical (unpaired) electrons. The molecule has 0 amide bonds. The van der Waals surface area contributed by atoms with Crippen molar-refractivity contribution < 1.29 is 13.2 Å². The highest BCUT2D eigenvalue weighted by Crippen LogP contribution is 2.27. The van der Waals surface area contributed by atoms with Gasteiger partial charge in [-0.05, 0) is 43.7 Å². The van der Waals surface area contributed by atoms with E-state index in [1.165, 1.54) is 25.1 Å². The van der Waals surface area contributed by atoms with Crippen LogP contribution in [0.3, 0.4) is 0 Å². The van der Waals surface area contributed by atoms with Crippen molar-refractivity contribution in [3.63, 3.8) is 0 Å². The van der Waals surface area contributed by atoms with Gasteiger partial charge in [-0.15, -0.1) is 0 Å². The summed E-state index contributed by atoms with van der Waals surface area (Å²) in [6.07, 6.45) is 0. The topological polar surface area (TPSA) is 63.2 Å². The van der Waals surface area contributed by atoms with Crippen LogP contribution in [0.2, 0.25) is 10.0 Å². The molecule has 0 aromatic heterocycles. The molecule has 4 nitrogen and oxygen atoms in total. The van der Waals surface area contributed by atoms with Gasteiger partial charge in [0.1, 0.15) is 0 Å². The Kier molecular flexibility index (Phi) is 5.47. The zero-order chi connectivity index (χ0) is 17.2. The Morgan fingerprint density at radius 1 is 1.13 bits per heavy atom. The van der Waals surface area contributed by atoms with Gasteiger partial charge in [-0.25, -0.2) is 13.1 Å². The molecule has 1 unspecified atom stereocenters. The maximum atomic E-state index is 12.5. The second-order valence-electron chi connectivity index (χ2n) is 5.09. The van der Waals surface area contributed by atoms with Crippen LogP contribution in [0.25, 0.3) is 0 Å². The van der Waals surface area contributed by atoms with Crippen LogP contribution in [0.1, 0.15) is 35.8 Å². The van der Waals surface area contributed by atoms with E-state index in [4.69, 9.17) is 23.2 Å². The molecule has 0 aliphatic rings. The summed E-state index contributed by atoms with van der Waals surface area (Å²) in [6, 6.07) is 10.2. The minimum Gasteiger partial charge on any atom is -0.295 e. The average Bonchev–Trinajstić information content (AvgIpc) is 2.46. The van der Waals surface area contributed by atoms with Crippen molar-refractivity contribution in [3.8, 4) is 0 Å². The van der Waals surface area contributed by atoms with E-state index in [1.54, 1.807) is 31.2 Å². The van der Waals surface area contributed by atoms with Gasteiger partial charge in [0.2, 0.25) is 10.0 Å². The molecular formula is C16H15Cl2NO3S. The Labute approximate surface area is 145 Å². The Bertz CT molecular complexity index is 850. The van der Waals surface area contributed by atoms with Crippen LogP contribution >= 0.6 is 23.2 Å². The lowest BCUT2D eigenvalue weighted by atomic mass is 10.1. The Morgan fingerprint density at radius 2 is 1.83 bits per heavy atom. The number of carbonyl (C=O) groups is 1. The van der Waals surface area contributed by atoms with Crippen LogP contribution in [-0.4, -0.2) is 14.2 Å². The third-order valence-corrected chi connectivity index (χ3v) is 5.41. The molecule has 2 aromatic carbocycles. The third kappa shape index (κ3) is 4.32. The summed E-state index contributed by atoms with van der Waals surface area (Å²) >= 11 is 11.9. The van der Waals surface area contributed by atoms with E-state index >= 15 is 0 Å². The van der Waals surface area contributed by atoms with Gasteiger partial charge in [0.05, 0.1) is 4.90 Å². The van der Waals surface area contributed by atoms with Crippen LogP contribution in [0.4, 0.5) is 0 Å². The smallest absolute Gasteiger partial charge is 0.241 e. The molecule has 0 fully saturated rings. The number of rotatable bonds is 5. The molecule has 2 rings (SSSR count). The van der Waals surface area contributed by atoms with Gasteiger partial charge in [-0.3, -0.25) is 4.79 Å². The van der Waals surface area contributed by atoms with Gasteiger partial charge in [-0.1, -0.05) is 41.4 Å². The Hall–Kier alpha value is -1.40. The van der Waals surface area contributed by atoms with Crippen LogP contribution in [0, 0.1) is 0 Å². The van der Waals surface area contributed by atoms with Crippen LogP contribution < -0.4 is 4.72 Å². The summed E-state index contributed by atoms with van der Waals surface area (Å²) < 4.78 is 27.5. The molecule has 122 valence electrons. The molecule has 0 aliphatic carbocycles. The van der Waals surface area contributed by atoms with E-state index < -0.39 is 16.1 Å². The molecular weight excluding hydrogens is 357 g/mol. The number of nitrogens with one attached hydrogen (secondary N) is 1. The lowest BCUT2D eigenvalue weighted by Crippen LogP contribution is -2.27. The number of ketones is 1. The molecule has 1 atom stereocenters. The van der Waals surface area contributed by atoms with Gasteiger partial charge in [0.15, 0.2) is 5.78 Å². The highest BCUT2D eigenvalue weighted by Gasteiger charge is 2.20. The van der Waals surface area contributed by atoms with Crippen molar-refractivity contribution >= 4 is 39.0 Å². The second-order valence-corrected chi connectivity index (χ2v) is 7.65. The number of sulfonamides is 1. The lowest BCUT2D eigenvalue weighted by Gasteiger charge is -2.16. The number of benzene rings is 2. The predicted octanol–water partition coefficient (Wildman–Crippen LogP) is 4.24. The van der Waals surface area contributed by atoms with E-state index in [2.05, 4.69) is 4.72 Å². The maximum Gasteiger partial charge on any atom is 0.241 e. The van der Waals surface area contributed by atoms with Crippen molar-refractivity contribution in [2.75, 3.05) is 0 Å². The highest BCUT2D eigenvalue weighted by molar-refractivity contribution is 7.89. The van der Waals surface area contributed by atoms with Crippen molar-refractivity contribution in [2.24, 2.45) is 0 Å². The summed E-state index contributed by atoms with van der Waals surface area (Å²) in [7, 11) is -3.78. The molecule has 0 heterocycles. The largest absolute Gasteiger partial charge is 0.295 e. The molecule has 1 N–H and O–H groups in total. The number of hydrogen-bond acceptors (Lipinski definition) is 3. The van der Waals surface area contributed by atoms with Gasteiger partial charge in [-0.2, -0.15) is 0 Å². The summed E-state index contributed by atoms with van der Waals surface area (Å²) in [5, 5.41) is 0.855. The molecule has 0 aliphatic heterocycles. The van der Waals surface area contributed by atoms with Crippen molar-refractivity contribution in [1.29, 1.82) is 0 Å². The van der Waals surface area contributed by atoms with Crippen LogP contribution in [-0.2, 0) is 10.0 Å². The van der Waals surface area contributed by atoms with Gasteiger partial charge >= 0.3 is 0 Å². The zero-order valence-electron chi connectivity index (χ0n) is 12.5. The highest BCUT2D eigenvalue weighted by atomic mass is 35.5. The molecule has 23 heavy (non-hydrogen) atoms. The van der Waals surface area contributed by atoms with Crippen molar-refractivity contribution in [1.82, 2.24) is 4.72 Å². The standard InChI is InChI=1S/C16H15Cl2NO3S/c1-10(15-7-6-13(17)9-16(15)18)19-23(21,22)14-5-3-4-12(8-14)11(2)20/h3-10,19H,1-2H3. The molecule has 0 saturated heterocycles. The first-order chi connectivity index (χ1) is 10.7. The number of halogens is 2. The monoisotopic (exact) mass is 371 g/mol. The molecule has 0 bridgehead atoms. The van der Waals surface area contributed by atoms with E-state index in [0.29, 0.717) is 21.2 Å². The fraction of sp³-hybridized carbons (Fsp3) is 0.188. The fourth-order valence-corrected chi connectivity index (χ4v) is 3.94. The first-order valence-corrected chi connectivity index (χ1v) is 9.03. The first-order valence-electron chi connectivity index (χ1n) is 6.79. The fourth-order valence-electron chi connectivity index (χ4n) is 2.10. The van der Waals surface area contributed by atoms with Gasteiger partial charge in [0.25, 0.3) is 0 Å². The maximum absolute atomic E-state index is 12.5. The lowest BCUT2D eigenvalue weighted by molar-refractivity contribution is 0.101. The number of hydrogen-bond donors (Lipinski definition) is 1. The Balaban J connectivity index is 2.30. The SMILES string of the molecule is CC(=O)c1cccc(S(=O)(=O)NC(C)c2ccc(Cl)cc2Cl)c1. The number of Topliss-reactive ketones (excluding diaryl/α,β-unsaturated/α-hetero) is 1. The van der Waals surface area contributed by atoms with E-state index in [-0.39, 0.29) is 10.7 Å². The normalized spacial score (nSPS) is 12.9. The minimum absolute atomic E-state index is 0.0298. The summed E-state index contributed by atoms with van der Waals surface area (Å²) in [6.45, 7) is 3.07. The molecule has 2 aromatic rings. The number of carbonyl (C=O) groups excluding carboxylic acids is 1. The summed E-state index contributed by atoms with van der Waals surface area (Å²) in [5.74, 6) is -0.198. The third-order valence-electron chi connectivity index (χ3n) is 3.31. The minimum atomic E-state index is -3.78. The zero-order valence-corrected chi connectivity index (χ0v) is 14.8. The Morgan fingerprint density at radius 3 is 2.43 bits per heavy atom. The van der Waals surface area contributed by atoms with E-state index in [0.717, 1.165) is 0 Å². The van der Waals surface area contributed by atoms with Crippen molar-refractivity contribution in [2.45, 2.75) is 24.8 Å². The van der Waals surface area contributed by atoms with E-state index in [1.807, 2.05) is 0 Å². The van der Waals surface area contributed by atoms with E-state index in [9.17, 15) is 13.2 Å². The second kappa shape index (κ2) is 7.01. The quantitative estimate of drug-likeness (QED) is 0.799. The molecule has 7 heteroatoms. The van der Waals surface area contributed by atoms with Gasteiger partial charge in [0, 0.05) is 21.7 Å². The van der Waals surface area contributed by atoms with Crippen LogP contribution in [0.5, 0.6) is 0 Å². The summed E-state index contributed by atoms with van der Waals surface area (Å²) in [4.78, 5) is 11.4. The van der Waals surface area contributed by atoms with Gasteiger partial charge < -0.3 is 0 Å². The molecule has 0 spiro atoms. The van der Waals surface area contributed by atoms with Crippen LogP contribution in [0.15, 0.2) is 47.4 Å².